The molecule has 0 saturated carbocycles. The molecule has 0 spiro atoms. The molecule has 4 N–H and O–H groups in total. The van der Waals surface area contributed by atoms with E-state index in [4.69, 9.17) is 30.6 Å². The fourth-order valence-electron chi connectivity index (χ4n) is 0. The second-order valence-electron chi connectivity index (χ2n) is 0.371. The molecule has 0 atom stereocenters. The molecule has 0 aromatic carbocycles. The van der Waals surface area contributed by atoms with Crippen molar-refractivity contribution in [2.75, 3.05) is 0 Å². The quantitative estimate of drug-likeness (QED) is 0.447. The van der Waals surface area contributed by atoms with Gasteiger partial charge in [0.2, 0.25) is 0 Å². The molecule has 0 aromatic heterocycles. The van der Waals surface area contributed by atoms with E-state index in [2.05, 4.69) is 15.6 Å². The molecule has 74 valence electrons. The van der Waals surface area contributed by atoms with Crippen LogP contribution in [-0.2, 0) is 34.8 Å². The van der Waals surface area contributed by atoms with Crippen molar-refractivity contribution in [1.82, 2.24) is 0 Å². The van der Waals surface area contributed by atoms with Gasteiger partial charge in [0.15, 0.2) is 0 Å². The summed E-state index contributed by atoms with van der Waals surface area (Å²) in [5.41, 5.74) is 9.39. The molecule has 6 nitrogen and oxygen atoms in total. The predicted molar refractivity (Wildman–Crippen MR) is 41.9 cm³/mol. The Morgan fingerprint density at radius 3 is 0.750 bits per heavy atom. The first kappa shape index (κ1) is 30.6. The summed E-state index contributed by atoms with van der Waals surface area (Å²) in [7, 11) is 0. The van der Waals surface area contributed by atoms with Crippen LogP contribution in [0.2, 0.25) is 0 Å². The Morgan fingerprint density at radius 2 is 0.750 bits per heavy atom. The van der Waals surface area contributed by atoms with Crippen molar-refractivity contribution in [3.63, 3.8) is 0 Å². The van der Waals surface area contributed by atoms with E-state index in [-0.39, 0.29) is 4.67 Å². The number of nitrogens with two attached hydrogens (primary N) is 2. The summed E-state index contributed by atoms with van der Waals surface area (Å²) in [6.07, 6.45) is 0. The van der Waals surface area contributed by atoms with Crippen LogP contribution in [0.1, 0.15) is 0 Å². The Morgan fingerprint density at radius 1 is 0.750 bits per heavy atom. The van der Waals surface area contributed by atoms with E-state index < -0.39 is 0 Å². The number of rotatable bonds is 0. The van der Waals surface area contributed by atoms with Gasteiger partial charge in [0.1, 0.15) is 27.2 Å². The molecule has 0 aliphatic heterocycles. The average Bonchev–Trinajstić information content (AvgIpc) is 2.16. The van der Waals surface area contributed by atoms with Crippen molar-refractivity contribution < 1.29 is 34.8 Å². The first-order valence-electron chi connectivity index (χ1n) is 1.91. The van der Waals surface area contributed by atoms with Crippen molar-refractivity contribution in [3.8, 4) is 0 Å². The van der Waals surface area contributed by atoms with E-state index in [1.165, 1.54) is 0 Å². The third kappa shape index (κ3) is 562. The molecular formula is C5H12FeN2O4. The second-order valence-corrected chi connectivity index (χ2v) is 1.01. The van der Waals surface area contributed by atoms with E-state index in [9.17, 15) is 0 Å². The molecule has 0 amide bonds. The van der Waals surface area contributed by atoms with Gasteiger partial charge in [-0.25, -0.2) is 0 Å². The molecule has 0 aliphatic carbocycles. The zero-order valence-electron chi connectivity index (χ0n) is 6.47. The molecular weight excluding hydrogens is 208 g/mol. The predicted octanol–water partition coefficient (Wildman–Crippen LogP) is -2.20. The SMILES string of the molecule is C=O.C=O.C=O.C=O.N[C](N)=[Fe]. The Kier molecular flexibility index (Phi) is 520. The Hall–Kier alpha value is -1.01. The summed E-state index contributed by atoms with van der Waals surface area (Å²) >= 11 is 3.11. The molecule has 0 bridgehead atoms. The van der Waals surface area contributed by atoms with Crippen LogP contribution in [-0.4, -0.2) is 31.8 Å². The van der Waals surface area contributed by atoms with Crippen molar-refractivity contribution in [2.24, 2.45) is 11.5 Å². The standard InChI is InChI=1S/CH4N2.4CH2O.Fe/c2-1-3;4*1-2;/h2-3H2;4*1H2;. The maximum atomic E-state index is 8.00. The fourth-order valence-corrected chi connectivity index (χ4v) is 0. The molecule has 0 radical (unpaired) electrons. The Balaban J connectivity index is -0.0000000181. The van der Waals surface area contributed by atoms with Crippen LogP contribution in [0, 0.1) is 0 Å². The summed E-state index contributed by atoms with van der Waals surface area (Å²) in [5, 5.41) is 0. The van der Waals surface area contributed by atoms with Crippen LogP contribution >= 0.6 is 0 Å². The Labute approximate surface area is 78.6 Å². The topological polar surface area (TPSA) is 120 Å². The molecule has 0 rings (SSSR count). The van der Waals surface area contributed by atoms with E-state index >= 15 is 0 Å². The van der Waals surface area contributed by atoms with E-state index in [0.717, 1.165) is 0 Å². The van der Waals surface area contributed by atoms with Gasteiger partial charge in [-0.1, -0.05) is 0 Å². The number of hydrogen-bond donors (Lipinski definition) is 2. The first-order chi connectivity index (χ1) is 5.73. The minimum atomic E-state index is 0.167. The van der Waals surface area contributed by atoms with E-state index in [1.54, 1.807) is 0 Å². The third-order valence-corrected chi connectivity index (χ3v) is 0. The van der Waals surface area contributed by atoms with Gasteiger partial charge >= 0.3 is 31.7 Å². The van der Waals surface area contributed by atoms with Crippen LogP contribution in [0.5, 0.6) is 0 Å². The second kappa shape index (κ2) is 204. The van der Waals surface area contributed by atoms with Crippen molar-refractivity contribution >= 4 is 31.8 Å². The maximum absolute atomic E-state index is 8.00. The van der Waals surface area contributed by atoms with Gasteiger partial charge in [0, 0.05) is 0 Å². The molecule has 0 fully saturated rings. The van der Waals surface area contributed by atoms with Gasteiger partial charge in [0.25, 0.3) is 0 Å². The summed E-state index contributed by atoms with van der Waals surface area (Å²) in [6.45, 7) is 8.00. The summed E-state index contributed by atoms with van der Waals surface area (Å²) in [6, 6.07) is 0. The van der Waals surface area contributed by atoms with Gasteiger partial charge in [-0.15, -0.1) is 0 Å². The van der Waals surface area contributed by atoms with Crippen LogP contribution < -0.4 is 11.5 Å². The molecule has 7 heteroatoms. The fraction of sp³-hybridized carbons (Fsp3) is 0. The van der Waals surface area contributed by atoms with Crippen LogP contribution in [0.3, 0.4) is 0 Å². The number of carbonyl (C=O) groups is 4. The Bertz CT molecular complexity index is 71.8. The molecule has 0 unspecified atom stereocenters. The van der Waals surface area contributed by atoms with Gasteiger partial charge < -0.3 is 19.2 Å². The average molecular weight is 220 g/mol. The van der Waals surface area contributed by atoms with Gasteiger partial charge in [0.05, 0.1) is 0 Å². The number of carbonyl (C=O) groups excluding carboxylic acids is 4. The molecule has 0 aromatic rings. The van der Waals surface area contributed by atoms with Crippen molar-refractivity contribution in [1.29, 1.82) is 0 Å². The van der Waals surface area contributed by atoms with Gasteiger partial charge in [-0.05, 0) is 0 Å². The van der Waals surface area contributed by atoms with Crippen LogP contribution in [0.15, 0.2) is 0 Å². The normalized spacial score (nSPS) is 3.58. The van der Waals surface area contributed by atoms with Gasteiger partial charge in [-0.2, -0.15) is 0 Å². The summed E-state index contributed by atoms with van der Waals surface area (Å²) < 4.78 is 0.167. The molecule has 12 heavy (non-hydrogen) atoms. The summed E-state index contributed by atoms with van der Waals surface area (Å²) in [5.74, 6) is 0. The van der Waals surface area contributed by atoms with E-state index in [0.29, 0.717) is 0 Å². The molecule has 0 saturated heterocycles. The monoisotopic (exact) mass is 220 g/mol. The zero-order valence-corrected chi connectivity index (χ0v) is 7.57. The molecule has 0 heterocycles. The summed E-state index contributed by atoms with van der Waals surface area (Å²) in [4.78, 5) is 32.0. The zero-order chi connectivity index (χ0) is 11.6. The number of hydrogen-bond acceptors (Lipinski definition) is 6. The van der Waals surface area contributed by atoms with Crippen LogP contribution in [0.4, 0.5) is 0 Å². The van der Waals surface area contributed by atoms with Crippen LogP contribution in [0.25, 0.3) is 0 Å². The first-order valence-corrected chi connectivity index (χ1v) is 2.46. The van der Waals surface area contributed by atoms with E-state index in [1.807, 2.05) is 27.2 Å². The van der Waals surface area contributed by atoms with Crippen molar-refractivity contribution in [2.45, 2.75) is 0 Å². The minimum absolute atomic E-state index is 0.167. The molecule has 0 aliphatic rings. The van der Waals surface area contributed by atoms with Gasteiger partial charge in [-0.3, -0.25) is 0 Å². The third-order valence-electron chi connectivity index (χ3n) is 0. The van der Waals surface area contributed by atoms with Crippen molar-refractivity contribution in [3.05, 3.63) is 0 Å².